The summed E-state index contributed by atoms with van der Waals surface area (Å²) in [5, 5.41) is 0. The van der Waals surface area contributed by atoms with Crippen LogP contribution in [-0.4, -0.2) is 143 Å². The van der Waals surface area contributed by atoms with E-state index in [4.69, 9.17) is 61.6 Å². The van der Waals surface area contributed by atoms with Crippen LogP contribution >= 0.6 is 0 Å². The fourth-order valence-electron chi connectivity index (χ4n) is 5.52. The van der Waals surface area contributed by atoms with Gasteiger partial charge in [0.2, 0.25) is 0 Å². The lowest BCUT2D eigenvalue weighted by atomic mass is 10.0. The molecule has 0 aliphatic carbocycles. The van der Waals surface area contributed by atoms with Gasteiger partial charge in [0.25, 0.3) is 0 Å². The molecule has 12 atom stereocenters. The van der Waals surface area contributed by atoms with Crippen LogP contribution in [0.5, 0.6) is 0 Å². The van der Waals surface area contributed by atoms with Gasteiger partial charge in [-0.15, -0.1) is 0 Å². The second-order valence-electron chi connectivity index (χ2n) is 11.3. The Labute approximate surface area is 286 Å². The molecule has 3 rings (SSSR count). The van der Waals surface area contributed by atoms with Gasteiger partial charge in [-0.25, -0.2) is 0 Å². The number of carbonyl (C=O) groups is 7. The quantitative estimate of drug-likeness (QED) is 0.173. The Morgan fingerprint density at radius 2 is 0.680 bits per heavy atom. The van der Waals surface area contributed by atoms with Gasteiger partial charge in [-0.2, -0.15) is 0 Å². The van der Waals surface area contributed by atoms with E-state index in [1.807, 2.05) is 0 Å². The molecule has 20 heteroatoms. The number of ether oxygens (including phenoxy) is 13. The van der Waals surface area contributed by atoms with Gasteiger partial charge in [-0.3, -0.25) is 33.6 Å². The molecule has 50 heavy (non-hydrogen) atoms. The van der Waals surface area contributed by atoms with Gasteiger partial charge in [-0.05, 0) is 0 Å². The van der Waals surface area contributed by atoms with Crippen LogP contribution < -0.4 is 0 Å². The maximum absolute atomic E-state index is 12.4. The van der Waals surface area contributed by atoms with Crippen molar-refractivity contribution >= 4 is 41.8 Å². The zero-order valence-electron chi connectivity index (χ0n) is 28.7. The third-order valence-corrected chi connectivity index (χ3v) is 7.13. The molecule has 20 nitrogen and oxygen atoms in total. The summed E-state index contributed by atoms with van der Waals surface area (Å²) in [5.74, 6) is -5.59. The first kappa shape index (κ1) is 40.5. The SMILES string of the molecule is CO[C@@H]1OC[C@H](OC(C)=O)[C@H](O[C@@H]2OC[C@H](O[C@@H]3OC[C@@H](OC(C)=O)[C@H](OC(C)=O)[C@H]3OC(C)=O)[C@H](OC(C)=O)[C@@H]2OC(C)=O)[C@H]1OC(C)=O. The Hall–Kier alpha value is -3.95. The Kier molecular flexibility index (Phi) is 14.8. The van der Waals surface area contributed by atoms with Crippen LogP contribution in [0.25, 0.3) is 0 Å². The van der Waals surface area contributed by atoms with Crippen LogP contribution in [0.3, 0.4) is 0 Å². The summed E-state index contributed by atoms with van der Waals surface area (Å²) in [6.45, 7) is 6.54. The number of hydrogen-bond acceptors (Lipinski definition) is 20. The Balaban J connectivity index is 1.98. The van der Waals surface area contributed by atoms with Gasteiger partial charge in [0.15, 0.2) is 61.6 Å². The number of rotatable bonds is 12. The molecule has 0 amide bonds. The second-order valence-corrected chi connectivity index (χ2v) is 11.3. The van der Waals surface area contributed by atoms with Crippen molar-refractivity contribution in [3.8, 4) is 0 Å². The normalized spacial score (nSPS) is 33.9. The van der Waals surface area contributed by atoms with Crippen LogP contribution in [0, 0.1) is 0 Å². The molecule has 0 bridgehead atoms. The first-order valence-electron chi connectivity index (χ1n) is 15.4. The molecule has 3 aliphatic rings. The molecular formula is C30H42O20. The van der Waals surface area contributed by atoms with Crippen molar-refractivity contribution in [2.24, 2.45) is 0 Å². The predicted molar refractivity (Wildman–Crippen MR) is 155 cm³/mol. The van der Waals surface area contributed by atoms with E-state index in [9.17, 15) is 33.6 Å². The summed E-state index contributed by atoms with van der Waals surface area (Å²) in [7, 11) is 1.28. The molecule has 3 saturated heterocycles. The van der Waals surface area contributed by atoms with Crippen molar-refractivity contribution in [3.05, 3.63) is 0 Å². The number of hydrogen-bond donors (Lipinski definition) is 0. The van der Waals surface area contributed by atoms with Crippen LogP contribution in [0.2, 0.25) is 0 Å². The molecule has 0 unspecified atom stereocenters. The summed E-state index contributed by atoms with van der Waals surface area (Å²) >= 11 is 0. The topological polar surface area (TPSA) is 239 Å². The van der Waals surface area contributed by atoms with Gasteiger partial charge in [0.1, 0.15) is 12.2 Å². The number of esters is 7. The van der Waals surface area contributed by atoms with Gasteiger partial charge >= 0.3 is 41.8 Å². The third kappa shape index (κ3) is 11.3. The minimum Gasteiger partial charge on any atom is -0.457 e. The molecule has 0 radical (unpaired) electrons. The molecule has 0 saturated carbocycles. The van der Waals surface area contributed by atoms with E-state index in [1.54, 1.807) is 0 Å². The molecular weight excluding hydrogens is 680 g/mol. The highest BCUT2D eigenvalue weighted by Crippen LogP contribution is 2.33. The highest BCUT2D eigenvalue weighted by Gasteiger charge is 2.55. The molecule has 3 fully saturated rings. The van der Waals surface area contributed by atoms with E-state index >= 15 is 0 Å². The van der Waals surface area contributed by atoms with Gasteiger partial charge < -0.3 is 61.6 Å². The lowest BCUT2D eigenvalue weighted by Crippen LogP contribution is -2.64. The molecule has 3 heterocycles. The van der Waals surface area contributed by atoms with E-state index in [-0.39, 0.29) is 13.2 Å². The smallest absolute Gasteiger partial charge is 0.303 e. The molecule has 0 spiro atoms. The maximum Gasteiger partial charge on any atom is 0.303 e. The van der Waals surface area contributed by atoms with Crippen molar-refractivity contribution in [3.63, 3.8) is 0 Å². The Bertz CT molecular complexity index is 1250. The lowest BCUT2D eigenvalue weighted by Gasteiger charge is -2.46. The van der Waals surface area contributed by atoms with Crippen molar-refractivity contribution in [1.82, 2.24) is 0 Å². The van der Waals surface area contributed by atoms with Gasteiger partial charge in [-0.1, -0.05) is 0 Å². The van der Waals surface area contributed by atoms with E-state index in [2.05, 4.69) is 0 Å². The minimum absolute atomic E-state index is 0.265. The minimum atomic E-state index is -1.59. The Morgan fingerprint density at radius 3 is 1.08 bits per heavy atom. The summed E-state index contributed by atoms with van der Waals surface area (Å²) in [5.41, 5.74) is 0. The van der Waals surface area contributed by atoms with E-state index < -0.39 is 122 Å². The van der Waals surface area contributed by atoms with Crippen LogP contribution in [0.4, 0.5) is 0 Å². The first-order chi connectivity index (χ1) is 23.5. The van der Waals surface area contributed by atoms with Gasteiger partial charge in [0, 0.05) is 55.6 Å². The average Bonchev–Trinajstić information content (AvgIpc) is 2.98. The summed E-state index contributed by atoms with van der Waals surface area (Å²) in [6.07, 6.45) is -16.7. The van der Waals surface area contributed by atoms with Crippen molar-refractivity contribution in [2.75, 3.05) is 26.9 Å². The van der Waals surface area contributed by atoms with E-state index in [0.717, 1.165) is 48.5 Å². The summed E-state index contributed by atoms with van der Waals surface area (Å²) in [6, 6.07) is 0. The molecule has 3 aliphatic heterocycles. The largest absolute Gasteiger partial charge is 0.457 e. The van der Waals surface area contributed by atoms with Gasteiger partial charge in [0.05, 0.1) is 19.8 Å². The average molecular weight is 723 g/mol. The second kappa shape index (κ2) is 18.3. The number of carbonyl (C=O) groups excluding carboxylic acids is 7. The lowest BCUT2D eigenvalue weighted by molar-refractivity contribution is -0.353. The highest BCUT2D eigenvalue weighted by molar-refractivity contribution is 5.69. The zero-order valence-corrected chi connectivity index (χ0v) is 28.7. The van der Waals surface area contributed by atoms with Crippen LogP contribution in [0.1, 0.15) is 48.5 Å². The predicted octanol–water partition coefficient (Wildman–Crippen LogP) is -1.01. The maximum atomic E-state index is 12.4. The van der Waals surface area contributed by atoms with Crippen molar-refractivity contribution in [2.45, 2.75) is 122 Å². The molecule has 0 aromatic rings. The van der Waals surface area contributed by atoms with E-state index in [1.165, 1.54) is 7.11 Å². The monoisotopic (exact) mass is 722 g/mol. The fourth-order valence-corrected chi connectivity index (χ4v) is 5.52. The summed E-state index contributed by atoms with van der Waals surface area (Å²) < 4.78 is 72.6. The molecule has 0 aromatic carbocycles. The molecule has 282 valence electrons. The third-order valence-electron chi connectivity index (χ3n) is 7.13. The molecule has 0 aromatic heterocycles. The first-order valence-corrected chi connectivity index (χ1v) is 15.4. The van der Waals surface area contributed by atoms with Crippen LogP contribution in [-0.2, 0) is 95.1 Å². The van der Waals surface area contributed by atoms with Crippen LogP contribution in [0.15, 0.2) is 0 Å². The Morgan fingerprint density at radius 1 is 0.380 bits per heavy atom. The highest BCUT2D eigenvalue weighted by atomic mass is 16.8. The fraction of sp³-hybridized carbons (Fsp3) is 0.767. The number of methoxy groups -OCH3 is 1. The molecule has 0 N–H and O–H groups in total. The summed E-state index contributed by atoms with van der Waals surface area (Å²) in [4.78, 5) is 84.6. The van der Waals surface area contributed by atoms with Crippen molar-refractivity contribution < 1.29 is 95.1 Å². The standard InChI is InChI=1S/C30H42O20/c1-12(31)42-19-10-40-29(26(47-17(6)36)22(19)44-14(3)33)49-21-11-41-30(27(48-18(7)37)23(21)45-15(4)34)50-24-20(43-13(2)32)9-39-28(38-8)25(24)46-16(5)35/h19-30H,9-11H2,1-8H3/t19-,20+,21+,22+,23+,24+,25-,26-,27+,28-,29+,30+/m1/s1. The zero-order chi connectivity index (χ0) is 37.3. The van der Waals surface area contributed by atoms with E-state index in [0.29, 0.717) is 0 Å². The van der Waals surface area contributed by atoms with Crippen molar-refractivity contribution in [1.29, 1.82) is 0 Å².